The monoisotopic (exact) mass is 301 g/mol. The second kappa shape index (κ2) is 7.78. The van der Waals surface area contributed by atoms with Gasteiger partial charge in [0, 0.05) is 9.92 Å². The lowest BCUT2D eigenvalue weighted by molar-refractivity contribution is -0.149. The van der Waals surface area contributed by atoms with Crippen molar-refractivity contribution in [1.29, 1.82) is 0 Å². The Morgan fingerprint density at radius 1 is 1.42 bits per heavy atom. The van der Waals surface area contributed by atoms with E-state index in [1.54, 1.807) is 25.6 Å². The van der Waals surface area contributed by atoms with Crippen LogP contribution in [0, 0.1) is 0 Å². The third kappa shape index (κ3) is 5.85. The number of hydrogen-bond donors (Lipinski definition) is 1. The van der Waals surface area contributed by atoms with E-state index in [1.807, 2.05) is 24.3 Å². The van der Waals surface area contributed by atoms with Crippen molar-refractivity contribution in [3.8, 4) is 0 Å². The number of thioether (sulfide) groups is 1. The summed E-state index contributed by atoms with van der Waals surface area (Å²) in [5, 5.41) is 0.737. The van der Waals surface area contributed by atoms with Crippen molar-refractivity contribution in [1.82, 2.24) is 0 Å². The van der Waals surface area contributed by atoms with E-state index in [-0.39, 0.29) is 5.97 Å². The number of ether oxygens (including phenoxy) is 1. The summed E-state index contributed by atoms with van der Waals surface area (Å²) in [6.45, 7) is 3.87. The van der Waals surface area contributed by atoms with Gasteiger partial charge in [-0.1, -0.05) is 11.6 Å². The first-order valence-corrected chi connectivity index (χ1v) is 7.66. The van der Waals surface area contributed by atoms with Crippen LogP contribution in [0.25, 0.3) is 0 Å². The Morgan fingerprint density at radius 2 is 2.05 bits per heavy atom. The van der Waals surface area contributed by atoms with Crippen LogP contribution in [0.5, 0.6) is 0 Å². The molecule has 2 N–H and O–H groups in total. The average Bonchev–Trinajstić information content (AvgIpc) is 2.37. The molecule has 19 heavy (non-hydrogen) atoms. The molecule has 0 saturated heterocycles. The predicted octanol–water partition coefficient (Wildman–Crippen LogP) is 3.49. The molecule has 1 atom stereocenters. The second-order valence-corrected chi connectivity index (χ2v) is 6.15. The molecule has 0 aliphatic carbocycles. The zero-order chi connectivity index (χ0) is 14.3. The number of carbonyl (C=O) groups is 1. The van der Waals surface area contributed by atoms with Crippen LogP contribution in [-0.2, 0) is 9.53 Å². The summed E-state index contributed by atoms with van der Waals surface area (Å²) in [4.78, 5) is 12.8. The van der Waals surface area contributed by atoms with Crippen LogP contribution in [0.4, 0.5) is 0 Å². The lowest BCUT2D eigenvalue weighted by atomic mass is 9.98. The Kier molecular flexibility index (Phi) is 6.69. The summed E-state index contributed by atoms with van der Waals surface area (Å²) in [6.07, 6.45) is 1.48. The lowest BCUT2D eigenvalue weighted by Gasteiger charge is -2.21. The van der Waals surface area contributed by atoms with E-state index >= 15 is 0 Å². The molecular formula is C14H20ClNO2S. The molecular weight excluding hydrogens is 282 g/mol. The van der Waals surface area contributed by atoms with Gasteiger partial charge in [0.1, 0.15) is 5.54 Å². The number of rotatable bonds is 7. The first kappa shape index (κ1) is 16.3. The van der Waals surface area contributed by atoms with Crippen LogP contribution >= 0.6 is 23.4 Å². The predicted molar refractivity (Wildman–Crippen MR) is 80.6 cm³/mol. The number of esters is 1. The molecule has 0 radical (unpaired) electrons. The summed E-state index contributed by atoms with van der Waals surface area (Å²) in [7, 11) is 0. The molecule has 106 valence electrons. The van der Waals surface area contributed by atoms with E-state index in [9.17, 15) is 4.79 Å². The minimum Gasteiger partial charge on any atom is -0.465 e. The molecule has 1 aromatic carbocycles. The highest BCUT2D eigenvalue weighted by molar-refractivity contribution is 7.99. The number of hydrogen-bond acceptors (Lipinski definition) is 4. The van der Waals surface area contributed by atoms with Crippen LogP contribution < -0.4 is 5.73 Å². The summed E-state index contributed by atoms with van der Waals surface area (Å²) in [5.41, 5.74) is 5.05. The summed E-state index contributed by atoms with van der Waals surface area (Å²) < 4.78 is 4.95. The SMILES string of the molecule is CCOC(=O)C(C)(N)CCCSc1ccc(Cl)cc1. The van der Waals surface area contributed by atoms with Gasteiger partial charge in [-0.3, -0.25) is 4.79 Å². The van der Waals surface area contributed by atoms with Crippen molar-refractivity contribution < 1.29 is 9.53 Å². The van der Waals surface area contributed by atoms with Gasteiger partial charge in [0.05, 0.1) is 6.61 Å². The highest BCUT2D eigenvalue weighted by Gasteiger charge is 2.28. The first-order valence-electron chi connectivity index (χ1n) is 6.30. The van der Waals surface area contributed by atoms with E-state index in [4.69, 9.17) is 22.1 Å². The maximum atomic E-state index is 11.6. The van der Waals surface area contributed by atoms with Crippen LogP contribution in [0.15, 0.2) is 29.2 Å². The topological polar surface area (TPSA) is 52.3 Å². The van der Waals surface area contributed by atoms with Crippen LogP contribution in [0.1, 0.15) is 26.7 Å². The molecule has 0 amide bonds. The Hall–Kier alpha value is -0.710. The van der Waals surface area contributed by atoms with Crippen molar-refractivity contribution in [3.63, 3.8) is 0 Å². The van der Waals surface area contributed by atoms with E-state index < -0.39 is 5.54 Å². The average molecular weight is 302 g/mol. The maximum Gasteiger partial charge on any atom is 0.325 e. The fourth-order valence-corrected chi connectivity index (χ4v) is 2.54. The molecule has 1 unspecified atom stereocenters. The van der Waals surface area contributed by atoms with Gasteiger partial charge in [0.15, 0.2) is 0 Å². The van der Waals surface area contributed by atoms with Crippen molar-refractivity contribution in [3.05, 3.63) is 29.3 Å². The Balaban J connectivity index is 2.30. The number of carbonyl (C=O) groups excluding carboxylic acids is 1. The molecule has 0 spiro atoms. The van der Waals surface area contributed by atoms with Gasteiger partial charge in [-0.25, -0.2) is 0 Å². The Labute approximate surface area is 123 Å². The van der Waals surface area contributed by atoms with Gasteiger partial charge in [-0.15, -0.1) is 11.8 Å². The Morgan fingerprint density at radius 3 is 2.63 bits per heavy atom. The van der Waals surface area contributed by atoms with Crippen molar-refractivity contribution in [2.45, 2.75) is 37.1 Å². The molecule has 0 fully saturated rings. The summed E-state index contributed by atoms with van der Waals surface area (Å²) >= 11 is 7.55. The highest BCUT2D eigenvalue weighted by atomic mass is 35.5. The van der Waals surface area contributed by atoms with Gasteiger partial charge >= 0.3 is 5.97 Å². The third-order valence-corrected chi connectivity index (χ3v) is 4.01. The molecule has 0 aliphatic rings. The van der Waals surface area contributed by atoms with Gasteiger partial charge in [0.25, 0.3) is 0 Å². The van der Waals surface area contributed by atoms with Gasteiger partial charge in [-0.2, -0.15) is 0 Å². The molecule has 0 saturated carbocycles. The molecule has 5 heteroatoms. The first-order chi connectivity index (χ1) is 8.95. The molecule has 0 aromatic heterocycles. The largest absolute Gasteiger partial charge is 0.465 e. The van der Waals surface area contributed by atoms with Crippen molar-refractivity contribution in [2.24, 2.45) is 5.73 Å². The molecule has 0 bridgehead atoms. The normalized spacial score (nSPS) is 13.9. The number of nitrogens with two attached hydrogens (primary N) is 1. The van der Waals surface area contributed by atoms with E-state index in [2.05, 4.69) is 0 Å². The number of halogens is 1. The zero-order valence-corrected chi connectivity index (χ0v) is 12.9. The van der Waals surface area contributed by atoms with E-state index in [0.29, 0.717) is 13.0 Å². The van der Waals surface area contributed by atoms with Crippen molar-refractivity contribution >= 4 is 29.3 Å². The highest BCUT2D eigenvalue weighted by Crippen LogP contribution is 2.22. The molecule has 1 rings (SSSR count). The van der Waals surface area contributed by atoms with Crippen LogP contribution in [0.2, 0.25) is 5.02 Å². The molecule has 0 aliphatic heterocycles. The third-order valence-electron chi connectivity index (χ3n) is 2.66. The van der Waals surface area contributed by atoms with Gasteiger partial charge in [-0.05, 0) is 56.7 Å². The molecule has 0 heterocycles. The van der Waals surface area contributed by atoms with E-state index in [1.165, 1.54) is 4.90 Å². The smallest absolute Gasteiger partial charge is 0.325 e. The minimum absolute atomic E-state index is 0.327. The maximum absolute atomic E-state index is 11.6. The fraction of sp³-hybridized carbons (Fsp3) is 0.500. The Bertz CT molecular complexity index is 406. The summed E-state index contributed by atoms with van der Waals surface area (Å²) in [6, 6.07) is 7.71. The standard InChI is InChI=1S/C14H20ClNO2S/c1-3-18-13(17)14(2,16)9-4-10-19-12-7-5-11(15)6-8-12/h5-8H,3-4,9-10,16H2,1-2H3. The quantitative estimate of drug-likeness (QED) is 0.476. The minimum atomic E-state index is -0.892. The zero-order valence-electron chi connectivity index (χ0n) is 11.3. The molecule has 1 aromatic rings. The second-order valence-electron chi connectivity index (χ2n) is 4.54. The van der Waals surface area contributed by atoms with Crippen LogP contribution in [0.3, 0.4) is 0 Å². The van der Waals surface area contributed by atoms with Crippen molar-refractivity contribution in [2.75, 3.05) is 12.4 Å². The van der Waals surface area contributed by atoms with Gasteiger partial charge < -0.3 is 10.5 Å². The fourth-order valence-electron chi connectivity index (χ4n) is 1.56. The van der Waals surface area contributed by atoms with Gasteiger partial charge in [0.2, 0.25) is 0 Å². The summed E-state index contributed by atoms with van der Waals surface area (Å²) in [5.74, 6) is 0.583. The number of benzene rings is 1. The molecule has 3 nitrogen and oxygen atoms in total. The van der Waals surface area contributed by atoms with Crippen LogP contribution in [-0.4, -0.2) is 23.9 Å². The lowest BCUT2D eigenvalue weighted by Crippen LogP contribution is -2.46. The van der Waals surface area contributed by atoms with E-state index in [0.717, 1.165) is 17.2 Å².